The van der Waals surface area contributed by atoms with Crippen LogP contribution in [0.4, 0.5) is 0 Å². The second-order valence-electron chi connectivity index (χ2n) is 4.67. The number of carboxylic acid groups (broad SMARTS) is 1. The van der Waals surface area contributed by atoms with E-state index in [4.69, 9.17) is 9.84 Å². The summed E-state index contributed by atoms with van der Waals surface area (Å²) >= 11 is 0. The molecule has 19 heavy (non-hydrogen) atoms. The third kappa shape index (κ3) is 3.35. The van der Waals surface area contributed by atoms with E-state index in [1.165, 1.54) is 4.57 Å². The molecule has 1 aliphatic rings. The molecule has 0 aromatic carbocycles. The van der Waals surface area contributed by atoms with Gasteiger partial charge in [-0.3, -0.25) is 4.79 Å². The lowest BCUT2D eigenvalue weighted by Gasteiger charge is -2.23. The molecule has 0 amide bonds. The Balaban J connectivity index is 2.14. The van der Waals surface area contributed by atoms with Gasteiger partial charge in [0.05, 0.1) is 6.10 Å². The van der Waals surface area contributed by atoms with Crippen molar-refractivity contribution in [1.82, 2.24) is 4.57 Å². The molecule has 6 nitrogen and oxygen atoms in total. The van der Waals surface area contributed by atoms with Crippen LogP contribution in [-0.4, -0.2) is 33.5 Å². The first kappa shape index (κ1) is 13.6. The first-order chi connectivity index (χ1) is 9.08. The van der Waals surface area contributed by atoms with Gasteiger partial charge in [-0.1, -0.05) is 0 Å². The maximum Gasteiger partial charge on any atom is 0.352 e. The Kier molecular flexibility index (Phi) is 4.21. The topological polar surface area (TPSA) is 88.8 Å². The van der Waals surface area contributed by atoms with E-state index in [1.807, 2.05) is 0 Å². The van der Waals surface area contributed by atoms with Crippen LogP contribution in [0.3, 0.4) is 0 Å². The number of aromatic hydroxyl groups is 1. The van der Waals surface area contributed by atoms with Gasteiger partial charge in [-0.25, -0.2) is 4.79 Å². The molecule has 2 rings (SSSR count). The minimum Gasteiger partial charge on any atom is -0.508 e. The molecular weight excluding hydrogens is 250 g/mol. The predicted octanol–water partition coefficient (Wildman–Crippen LogP) is 1.21. The van der Waals surface area contributed by atoms with Gasteiger partial charge in [-0.05, 0) is 25.7 Å². The molecule has 1 saturated heterocycles. The van der Waals surface area contributed by atoms with Crippen LogP contribution < -0.4 is 5.56 Å². The Morgan fingerprint density at radius 1 is 1.42 bits per heavy atom. The summed E-state index contributed by atoms with van der Waals surface area (Å²) in [5.41, 5.74) is -0.700. The van der Waals surface area contributed by atoms with Crippen molar-refractivity contribution in [2.75, 3.05) is 6.61 Å². The summed E-state index contributed by atoms with van der Waals surface area (Å²) in [5, 5.41) is 18.3. The Morgan fingerprint density at radius 3 is 2.84 bits per heavy atom. The van der Waals surface area contributed by atoms with Gasteiger partial charge >= 0.3 is 5.97 Å². The van der Waals surface area contributed by atoms with E-state index >= 15 is 0 Å². The molecule has 1 aliphatic heterocycles. The molecule has 1 aromatic rings. The highest BCUT2D eigenvalue weighted by Crippen LogP contribution is 2.17. The van der Waals surface area contributed by atoms with Gasteiger partial charge < -0.3 is 19.5 Å². The third-order valence-electron chi connectivity index (χ3n) is 3.28. The van der Waals surface area contributed by atoms with Crippen LogP contribution in [0.2, 0.25) is 0 Å². The minimum absolute atomic E-state index is 0.0797. The van der Waals surface area contributed by atoms with Crippen molar-refractivity contribution >= 4 is 5.97 Å². The number of ether oxygens (including phenoxy) is 1. The van der Waals surface area contributed by atoms with E-state index in [9.17, 15) is 14.7 Å². The summed E-state index contributed by atoms with van der Waals surface area (Å²) in [6.45, 7) is 1.01. The molecule has 104 valence electrons. The number of carboxylic acids is 1. The zero-order valence-corrected chi connectivity index (χ0v) is 10.5. The molecule has 1 aromatic heterocycles. The van der Waals surface area contributed by atoms with E-state index in [2.05, 4.69) is 0 Å². The number of aromatic nitrogens is 1. The van der Waals surface area contributed by atoms with Crippen LogP contribution in [0.15, 0.2) is 16.9 Å². The largest absolute Gasteiger partial charge is 0.508 e. The first-order valence-corrected chi connectivity index (χ1v) is 6.36. The fraction of sp³-hybridized carbons (Fsp3) is 0.538. The van der Waals surface area contributed by atoms with E-state index in [1.54, 1.807) is 0 Å². The van der Waals surface area contributed by atoms with Gasteiger partial charge in [0.25, 0.3) is 5.56 Å². The molecule has 0 radical (unpaired) electrons. The molecule has 0 saturated carbocycles. The zero-order valence-electron chi connectivity index (χ0n) is 10.5. The second-order valence-corrected chi connectivity index (χ2v) is 4.67. The number of rotatable bonds is 4. The number of aromatic carboxylic acids is 1. The number of nitrogens with zero attached hydrogens (tertiary/aromatic N) is 1. The minimum atomic E-state index is -1.22. The van der Waals surface area contributed by atoms with Crippen LogP contribution in [0.25, 0.3) is 0 Å². The van der Waals surface area contributed by atoms with Crippen molar-refractivity contribution < 1.29 is 19.7 Å². The van der Waals surface area contributed by atoms with Gasteiger partial charge in [0, 0.05) is 25.3 Å². The Hall–Kier alpha value is -1.82. The van der Waals surface area contributed by atoms with E-state index in [-0.39, 0.29) is 24.1 Å². The highest BCUT2D eigenvalue weighted by atomic mass is 16.5. The third-order valence-corrected chi connectivity index (χ3v) is 3.28. The van der Waals surface area contributed by atoms with Crippen molar-refractivity contribution in [1.29, 1.82) is 0 Å². The standard InChI is InChI=1S/C13H17NO5/c15-9-7-11(13(17)18)14(12(16)8-9)5-4-10-3-1-2-6-19-10/h7-8,10,15H,1-6H2,(H,17,18). The zero-order chi connectivity index (χ0) is 13.8. The van der Waals surface area contributed by atoms with Crippen molar-refractivity contribution in [3.63, 3.8) is 0 Å². The molecular formula is C13H17NO5. The molecule has 1 atom stereocenters. The van der Waals surface area contributed by atoms with Crippen molar-refractivity contribution in [2.24, 2.45) is 0 Å². The second kappa shape index (κ2) is 5.88. The van der Waals surface area contributed by atoms with Crippen molar-refractivity contribution in [3.8, 4) is 5.75 Å². The quantitative estimate of drug-likeness (QED) is 0.856. The van der Waals surface area contributed by atoms with Crippen LogP contribution in [-0.2, 0) is 11.3 Å². The maximum absolute atomic E-state index is 11.7. The molecule has 1 unspecified atom stereocenters. The summed E-state index contributed by atoms with van der Waals surface area (Å²) < 4.78 is 6.72. The lowest BCUT2D eigenvalue weighted by atomic mass is 10.1. The number of carbonyl (C=O) groups is 1. The summed E-state index contributed by atoms with van der Waals surface area (Å²) in [6, 6.07) is 2.11. The summed E-state index contributed by atoms with van der Waals surface area (Å²) in [4.78, 5) is 22.8. The fourth-order valence-electron chi connectivity index (χ4n) is 2.30. The first-order valence-electron chi connectivity index (χ1n) is 6.36. The average Bonchev–Trinajstić information content (AvgIpc) is 2.38. The number of pyridine rings is 1. The highest BCUT2D eigenvalue weighted by Gasteiger charge is 2.17. The van der Waals surface area contributed by atoms with Gasteiger partial charge in [-0.2, -0.15) is 0 Å². The van der Waals surface area contributed by atoms with Gasteiger partial charge in [0.15, 0.2) is 0 Å². The lowest BCUT2D eigenvalue weighted by molar-refractivity contribution is 0.00842. The Morgan fingerprint density at radius 2 is 2.21 bits per heavy atom. The summed E-state index contributed by atoms with van der Waals surface area (Å²) in [7, 11) is 0. The number of hydrogen-bond donors (Lipinski definition) is 2. The Bertz CT molecular complexity index is 516. The lowest BCUT2D eigenvalue weighted by Crippen LogP contribution is -2.28. The van der Waals surface area contributed by atoms with Crippen LogP contribution in [0.1, 0.15) is 36.2 Å². The van der Waals surface area contributed by atoms with Gasteiger partial charge in [-0.15, -0.1) is 0 Å². The monoisotopic (exact) mass is 267 g/mol. The summed E-state index contributed by atoms with van der Waals surface area (Å²) in [5.74, 6) is -1.55. The fourth-order valence-corrected chi connectivity index (χ4v) is 2.30. The van der Waals surface area contributed by atoms with E-state index in [0.717, 1.165) is 38.0 Å². The molecule has 6 heteroatoms. The van der Waals surface area contributed by atoms with Crippen LogP contribution in [0, 0.1) is 0 Å². The van der Waals surface area contributed by atoms with E-state index < -0.39 is 11.5 Å². The SMILES string of the molecule is O=C(O)c1cc(O)cc(=O)n1CCC1CCCCO1. The molecule has 2 N–H and O–H groups in total. The van der Waals surface area contributed by atoms with Gasteiger partial charge in [0.2, 0.25) is 0 Å². The maximum atomic E-state index is 11.7. The van der Waals surface area contributed by atoms with Crippen molar-refractivity contribution in [3.05, 3.63) is 28.2 Å². The molecule has 0 spiro atoms. The van der Waals surface area contributed by atoms with E-state index in [0.29, 0.717) is 6.42 Å². The van der Waals surface area contributed by atoms with Crippen LogP contribution in [0.5, 0.6) is 5.75 Å². The number of hydrogen-bond acceptors (Lipinski definition) is 4. The molecule has 1 fully saturated rings. The molecule has 0 bridgehead atoms. The normalized spacial score (nSPS) is 19.3. The molecule has 0 aliphatic carbocycles. The predicted molar refractivity (Wildman–Crippen MR) is 67.5 cm³/mol. The Labute approximate surface area is 110 Å². The summed E-state index contributed by atoms with van der Waals surface area (Å²) in [6.07, 6.45) is 3.77. The average molecular weight is 267 g/mol. The van der Waals surface area contributed by atoms with Crippen LogP contribution >= 0.6 is 0 Å². The van der Waals surface area contributed by atoms with Crippen molar-refractivity contribution in [2.45, 2.75) is 38.3 Å². The molecule has 2 heterocycles. The highest BCUT2D eigenvalue weighted by molar-refractivity contribution is 5.86. The smallest absolute Gasteiger partial charge is 0.352 e. The van der Waals surface area contributed by atoms with Gasteiger partial charge in [0.1, 0.15) is 11.4 Å².